The van der Waals surface area contributed by atoms with Crippen molar-refractivity contribution in [3.05, 3.63) is 105 Å². The number of aromatic nitrogens is 2. The Hall–Kier alpha value is -3.48. The molecule has 0 saturated heterocycles. The topological polar surface area (TPSA) is 61.3 Å². The van der Waals surface area contributed by atoms with E-state index >= 15 is 0 Å². The van der Waals surface area contributed by atoms with Gasteiger partial charge >= 0.3 is 5.69 Å². The standard InChI is InChI=1S/C27H30N4O2.C2H6/c1-29(2)14-15-31(18-20-8-5-4-6-9-20)19-21-10-7-11-22(16-21)23-12-13-25-24(17-23)26(32)30(3)27(33)28-25;1-2/h4-13,16-17H,14-15,18-19H2,1-3H3,(H,28,33);1-2H3. The number of rotatable bonds is 8. The first-order valence-corrected chi connectivity index (χ1v) is 12.1. The summed E-state index contributed by atoms with van der Waals surface area (Å²) >= 11 is 0. The Kier molecular flexibility index (Phi) is 9.18. The van der Waals surface area contributed by atoms with E-state index in [2.05, 4.69) is 77.4 Å². The van der Waals surface area contributed by atoms with E-state index in [0.29, 0.717) is 10.9 Å². The summed E-state index contributed by atoms with van der Waals surface area (Å²) in [6, 6.07) is 24.6. The molecule has 0 aliphatic heterocycles. The summed E-state index contributed by atoms with van der Waals surface area (Å²) in [5.41, 5.74) is 4.39. The fourth-order valence-electron chi connectivity index (χ4n) is 3.99. The van der Waals surface area contributed by atoms with E-state index < -0.39 is 5.69 Å². The molecule has 6 heteroatoms. The van der Waals surface area contributed by atoms with Gasteiger partial charge in [-0.2, -0.15) is 0 Å². The van der Waals surface area contributed by atoms with Crippen molar-refractivity contribution in [2.75, 3.05) is 27.2 Å². The molecule has 0 fully saturated rings. The number of hydrogen-bond acceptors (Lipinski definition) is 4. The fourth-order valence-corrected chi connectivity index (χ4v) is 3.99. The highest BCUT2D eigenvalue weighted by Gasteiger charge is 2.10. The molecule has 1 N–H and O–H groups in total. The van der Waals surface area contributed by atoms with Crippen molar-refractivity contribution in [2.45, 2.75) is 26.9 Å². The third kappa shape index (κ3) is 6.78. The minimum atomic E-state index is -0.404. The SMILES string of the molecule is CC.CN(C)CCN(Cc1ccccc1)Cc1cccc(-c2ccc3[nH]c(=O)n(C)c(=O)c3c2)c1. The average molecular weight is 473 g/mol. The van der Waals surface area contributed by atoms with Crippen LogP contribution in [0.4, 0.5) is 0 Å². The molecule has 35 heavy (non-hydrogen) atoms. The molecule has 3 aromatic carbocycles. The van der Waals surface area contributed by atoms with Gasteiger partial charge in [-0.25, -0.2) is 4.79 Å². The Labute approximate surface area is 207 Å². The summed E-state index contributed by atoms with van der Waals surface area (Å²) in [6.45, 7) is 7.67. The molecule has 184 valence electrons. The predicted octanol–water partition coefficient (Wildman–Crippen LogP) is 4.48. The minimum absolute atomic E-state index is 0.288. The van der Waals surface area contributed by atoms with Crippen LogP contribution in [0.25, 0.3) is 22.0 Å². The smallest absolute Gasteiger partial charge is 0.308 e. The number of H-pyrrole nitrogens is 1. The molecule has 0 aliphatic rings. The molecule has 0 unspecified atom stereocenters. The summed E-state index contributed by atoms with van der Waals surface area (Å²) in [4.78, 5) is 31.9. The van der Waals surface area contributed by atoms with E-state index in [-0.39, 0.29) is 5.56 Å². The van der Waals surface area contributed by atoms with Gasteiger partial charge in [0.1, 0.15) is 0 Å². The Morgan fingerprint density at radius 1 is 0.771 bits per heavy atom. The normalized spacial score (nSPS) is 11.1. The van der Waals surface area contributed by atoms with Gasteiger partial charge in [0.05, 0.1) is 10.9 Å². The highest BCUT2D eigenvalue weighted by Crippen LogP contribution is 2.24. The van der Waals surface area contributed by atoms with Crippen molar-refractivity contribution in [3.8, 4) is 11.1 Å². The van der Waals surface area contributed by atoms with Gasteiger partial charge in [-0.05, 0) is 54.5 Å². The second kappa shape index (κ2) is 12.3. The zero-order chi connectivity index (χ0) is 25.4. The molecule has 6 nitrogen and oxygen atoms in total. The van der Waals surface area contributed by atoms with Crippen LogP contribution < -0.4 is 11.2 Å². The van der Waals surface area contributed by atoms with Crippen LogP contribution in [0, 0.1) is 0 Å². The largest absolute Gasteiger partial charge is 0.328 e. The summed E-state index contributed by atoms with van der Waals surface area (Å²) in [7, 11) is 5.68. The summed E-state index contributed by atoms with van der Waals surface area (Å²) < 4.78 is 1.11. The highest BCUT2D eigenvalue weighted by atomic mass is 16.2. The number of hydrogen-bond donors (Lipinski definition) is 1. The van der Waals surface area contributed by atoms with E-state index in [1.54, 1.807) is 6.07 Å². The lowest BCUT2D eigenvalue weighted by Gasteiger charge is -2.24. The summed E-state index contributed by atoms with van der Waals surface area (Å²) in [5.74, 6) is 0. The average Bonchev–Trinajstić information content (AvgIpc) is 2.88. The Bertz CT molecular complexity index is 1360. The van der Waals surface area contributed by atoms with Gasteiger partial charge in [0.2, 0.25) is 0 Å². The van der Waals surface area contributed by atoms with E-state index in [4.69, 9.17) is 0 Å². The van der Waals surface area contributed by atoms with Gasteiger partial charge in [-0.3, -0.25) is 14.3 Å². The monoisotopic (exact) mass is 472 g/mol. The quantitative estimate of drug-likeness (QED) is 0.411. The number of nitrogens with one attached hydrogen (secondary N) is 1. The Balaban J connectivity index is 0.00000167. The zero-order valence-electron chi connectivity index (χ0n) is 21.4. The van der Waals surface area contributed by atoms with Crippen LogP contribution in [0.5, 0.6) is 0 Å². The molecule has 0 radical (unpaired) electrons. The van der Waals surface area contributed by atoms with Gasteiger partial charge in [-0.1, -0.05) is 68.4 Å². The number of nitrogens with zero attached hydrogens (tertiary/aromatic N) is 3. The van der Waals surface area contributed by atoms with Crippen molar-refractivity contribution in [1.29, 1.82) is 0 Å². The van der Waals surface area contributed by atoms with Gasteiger partial charge in [0.25, 0.3) is 5.56 Å². The second-order valence-corrected chi connectivity index (χ2v) is 8.75. The number of aromatic amines is 1. The third-order valence-corrected chi connectivity index (χ3v) is 5.88. The van der Waals surface area contributed by atoms with Crippen molar-refractivity contribution in [2.24, 2.45) is 7.05 Å². The fraction of sp³-hybridized carbons (Fsp3) is 0.310. The zero-order valence-corrected chi connectivity index (χ0v) is 21.4. The van der Waals surface area contributed by atoms with Crippen LogP contribution in [0.2, 0.25) is 0 Å². The van der Waals surface area contributed by atoms with Crippen molar-refractivity contribution in [3.63, 3.8) is 0 Å². The first-order valence-electron chi connectivity index (χ1n) is 12.1. The van der Waals surface area contributed by atoms with Crippen LogP contribution in [0.3, 0.4) is 0 Å². The van der Waals surface area contributed by atoms with Gasteiger partial charge in [-0.15, -0.1) is 0 Å². The van der Waals surface area contributed by atoms with Crippen LogP contribution in [0.15, 0.2) is 82.4 Å². The molecule has 0 aliphatic carbocycles. The van der Waals surface area contributed by atoms with Crippen molar-refractivity contribution < 1.29 is 0 Å². The third-order valence-electron chi connectivity index (χ3n) is 5.88. The molecule has 4 rings (SSSR count). The van der Waals surface area contributed by atoms with Crippen LogP contribution in [-0.4, -0.2) is 46.5 Å². The maximum absolute atomic E-state index is 12.6. The molecule has 1 heterocycles. The van der Waals surface area contributed by atoms with Crippen LogP contribution in [0.1, 0.15) is 25.0 Å². The highest BCUT2D eigenvalue weighted by molar-refractivity contribution is 5.83. The van der Waals surface area contributed by atoms with E-state index in [0.717, 1.165) is 41.9 Å². The maximum Gasteiger partial charge on any atom is 0.328 e. The molecular weight excluding hydrogens is 436 g/mol. The van der Waals surface area contributed by atoms with Gasteiger partial charge in [0, 0.05) is 33.2 Å². The first kappa shape index (κ1) is 26.1. The maximum atomic E-state index is 12.6. The van der Waals surface area contributed by atoms with E-state index in [1.165, 1.54) is 18.2 Å². The molecular formula is C29H36N4O2. The van der Waals surface area contributed by atoms with Crippen molar-refractivity contribution in [1.82, 2.24) is 19.4 Å². The molecule has 0 atom stereocenters. The summed E-state index contributed by atoms with van der Waals surface area (Å²) in [6.07, 6.45) is 0. The Morgan fingerprint density at radius 2 is 1.43 bits per heavy atom. The van der Waals surface area contributed by atoms with Crippen LogP contribution in [-0.2, 0) is 20.1 Å². The second-order valence-electron chi connectivity index (χ2n) is 8.75. The lowest BCUT2D eigenvalue weighted by molar-refractivity contribution is 0.226. The molecule has 0 saturated carbocycles. The van der Waals surface area contributed by atoms with Crippen molar-refractivity contribution >= 4 is 10.9 Å². The van der Waals surface area contributed by atoms with Gasteiger partial charge in [0.15, 0.2) is 0 Å². The molecule has 0 amide bonds. The predicted molar refractivity (Wildman–Crippen MR) is 146 cm³/mol. The van der Waals surface area contributed by atoms with Gasteiger partial charge < -0.3 is 9.88 Å². The van der Waals surface area contributed by atoms with E-state index in [1.807, 2.05) is 32.0 Å². The van der Waals surface area contributed by atoms with E-state index in [9.17, 15) is 9.59 Å². The number of likely N-dealkylation sites (N-methyl/N-ethyl adjacent to an activating group) is 1. The lowest BCUT2D eigenvalue weighted by atomic mass is 10.0. The Morgan fingerprint density at radius 3 is 2.14 bits per heavy atom. The summed E-state index contributed by atoms with van der Waals surface area (Å²) in [5, 5.41) is 0.511. The molecule has 1 aromatic heterocycles. The number of benzene rings is 3. The van der Waals surface area contributed by atoms with Crippen LogP contribution >= 0.6 is 0 Å². The number of fused-ring (bicyclic) bond motifs is 1. The lowest BCUT2D eigenvalue weighted by Crippen LogP contribution is -2.32. The molecule has 0 spiro atoms. The molecule has 0 bridgehead atoms. The molecule has 4 aromatic rings. The first-order chi connectivity index (χ1) is 16.9. The minimum Gasteiger partial charge on any atom is -0.308 e.